The fraction of sp³-hybridized carbons (Fsp3) is 0.625. The quantitative estimate of drug-likeness (QED) is 0.924. The molecule has 2 aliphatic heterocycles. The molecule has 1 unspecified atom stereocenters. The Labute approximate surface area is 124 Å². The highest BCUT2D eigenvalue weighted by molar-refractivity contribution is 5.56. The monoisotopic (exact) mass is 295 g/mol. The van der Waals surface area contributed by atoms with Crippen LogP contribution in [0.15, 0.2) is 12.1 Å². The molecule has 0 amide bonds. The van der Waals surface area contributed by atoms with Crippen LogP contribution in [0.4, 0.5) is 14.5 Å². The number of nitrogens with one attached hydrogen (secondary N) is 1. The Morgan fingerprint density at radius 3 is 2.29 bits per heavy atom. The van der Waals surface area contributed by atoms with Gasteiger partial charge in [0.25, 0.3) is 0 Å². The van der Waals surface area contributed by atoms with E-state index in [0.717, 1.165) is 63.4 Å². The molecule has 1 aromatic rings. The van der Waals surface area contributed by atoms with Gasteiger partial charge < -0.3 is 10.2 Å². The van der Waals surface area contributed by atoms with Crippen LogP contribution in [0, 0.1) is 11.6 Å². The van der Waals surface area contributed by atoms with Gasteiger partial charge in [-0.1, -0.05) is 0 Å². The van der Waals surface area contributed by atoms with Gasteiger partial charge in [0.05, 0.1) is 0 Å². The Balaban J connectivity index is 1.92. The van der Waals surface area contributed by atoms with Crippen molar-refractivity contribution in [3.63, 3.8) is 0 Å². The average Bonchev–Trinajstić information content (AvgIpc) is 3.04. The van der Waals surface area contributed by atoms with E-state index in [1.54, 1.807) is 0 Å². The molecular formula is C16H23F2N3. The molecule has 0 radical (unpaired) electrons. The first-order valence-electron chi connectivity index (χ1n) is 7.85. The number of benzene rings is 1. The second-order valence-corrected chi connectivity index (χ2v) is 5.98. The van der Waals surface area contributed by atoms with Crippen LogP contribution in [-0.2, 0) is 0 Å². The van der Waals surface area contributed by atoms with Gasteiger partial charge in [0.2, 0.25) is 0 Å². The lowest BCUT2D eigenvalue weighted by Crippen LogP contribution is -2.44. The van der Waals surface area contributed by atoms with Crippen LogP contribution in [0.1, 0.15) is 31.4 Å². The maximum atomic E-state index is 13.7. The fourth-order valence-electron chi connectivity index (χ4n) is 3.38. The van der Waals surface area contributed by atoms with Crippen molar-refractivity contribution >= 4 is 5.69 Å². The first-order chi connectivity index (χ1) is 10.2. The largest absolute Gasteiger partial charge is 0.371 e. The minimum absolute atomic E-state index is 0.109. The van der Waals surface area contributed by atoms with Crippen molar-refractivity contribution in [2.45, 2.75) is 25.8 Å². The molecule has 0 aromatic heterocycles. The van der Waals surface area contributed by atoms with Gasteiger partial charge in [-0.25, -0.2) is 8.78 Å². The van der Waals surface area contributed by atoms with Crippen LogP contribution in [-0.4, -0.2) is 44.2 Å². The van der Waals surface area contributed by atoms with Crippen LogP contribution in [0.3, 0.4) is 0 Å². The topological polar surface area (TPSA) is 18.5 Å². The van der Waals surface area contributed by atoms with Gasteiger partial charge in [-0.15, -0.1) is 0 Å². The van der Waals surface area contributed by atoms with Crippen molar-refractivity contribution in [2.75, 3.05) is 44.2 Å². The van der Waals surface area contributed by atoms with Crippen molar-refractivity contribution in [1.82, 2.24) is 10.2 Å². The number of rotatable bonds is 3. The maximum absolute atomic E-state index is 13.7. The van der Waals surface area contributed by atoms with Gasteiger partial charge in [0.1, 0.15) is 0 Å². The number of hydrogen-bond acceptors (Lipinski definition) is 3. The molecule has 0 bridgehead atoms. The summed E-state index contributed by atoms with van der Waals surface area (Å²) in [5.74, 6) is -1.48. The third kappa shape index (κ3) is 3.04. The van der Waals surface area contributed by atoms with Crippen molar-refractivity contribution in [2.24, 2.45) is 0 Å². The Morgan fingerprint density at radius 2 is 1.62 bits per heavy atom. The molecule has 1 atom stereocenters. The summed E-state index contributed by atoms with van der Waals surface area (Å²) < 4.78 is 27.4. The summed E-state index contributed by atoms with van der Waals surface area (Å²) in [6.45, 7) is 7.76. The zero-order chi connectivity index (χ0) is 14.8. The van der Waals surface area contributed by atoms with Gasteiger partial charge in [0, 0.05) is 57.1 Å². The number of anilines is 1. The Kier molecular flexibility index (Phi) is 4.40. The van der Waals surface area contributed by atoms with Crippen LogP contribution in [0.5, 0.6) is 0 Å². The highest BCUT2D eigenvalue weighted by atomic mass is 19.2. The first-order valence-corrected chi connectivity index (χ1v) is 7.85. The fourth-order valence-corrected chi connectivity index (χ4v) is 3.38. The minimum Gasteiger partial charge on any atom is -0.371 e. The van der Waals surface area contributed by atoms with E-state index in [9.17, 15) is 8.78 Å². The van der Waals surface area contributed by atoms with Crippen LogP contribution in [0.2, 0.25) is 0 Å². The van der Waals surface area contributed by atoms with E-state index in [1.807, 2.05) is 0 Å². The molecule has 116 valence electrons. The number of hydrogen-bond donors (Lipinski definition) is 1. The first kappa shape index (κ1) is 14.7. The van der Waals surface area contributed by atoms with E-state index in [1.165, 1.54) is 12.1 Å². The molecule has 3 rings (SSSR count). The predicted molar refractivity (Wildman–Crippen MR) is 80.7 cm³/mol. The molecule has 5 heteroatoms. The number of piperazine rings is 1. The molecule has 0 spiro atoms. The third-order valence-corrected chi connectivity index (χ3v) is 4.67. The van der Waals surface area contributed by atoms with Crippen molar-refractivity contribution in [3.05, 3.63) is 29.3 Å². The minimum atomic E-state index is -0.742. The van der Waals surface area contributed by atoms with E-state index >= 15 is 0 Å². The van der Waals surface area contributed by atoms with Crippen LogP contribution >= 0.6 is 0 Å². The van der Waals surface area contributed by atoms with Crippen LogP contribution < -0.4 is 10.2 Å². The van der Waals surface area contributed by atoms with Gasteiger partial charge >= 0.3 is 0 Å². The second-order valence-electron chi connectivity index (χ2n) is 5.98. The highest BCUT2D eigenvalue weighted by Crippen LogP contribution is 2.34. The summed E-state index contributed by atoms with van der Waals surface area (Å²) in [6, 6.07) is 2.89. The molecule has 2 heterocycles. The lowest BCUT2D eigenvalue weighted by molar-refractivity contribution is 0.185. The Morgan fingerprint density at radius 1 is 1.00 bits per heavy atom. The molecule has 2 aliphatic rings. The molecule has 2 saturated heterocycles. The Hall–Kier alpha value is -1.20. The molecule has 1 N–H and O–H groups in total. The number of halogens is 2. The summed E-state index contributed by atoms with van der Waals surface area (Å²) in [5, 5.41) is 3.33. The standard InChI is InChI=1S/C16H23F2N3/c1-12(20-8-4-19-5-9-20)13-10-14(17)15(18)11-16(13)21-6-2-3-7-21/h10-12,19H,2-9H2,1H3. The second kappa shape index (κ2) is 6.28. The molecule has 3 nitrogen and oxygen atoms in total. The summed E-state index contributed by atoms with van der Waals surface area (Å²) >= 11 is 0. The third-order valence-electron chi connectivity index (χ3n) is 4.67. The normalized spacial score (nSPS) is 21.8. The summed E-state index contributed by atoms with van der Waals surface area (Å²) in [7, 11) is 0. The molecule has 0 aliphatic carbocycles. The average molecular weight is 295 g/mol. The highest BCUT2D eigenvalue weighted by Gasteiger charge is 2.25. The van der Waals surface area contributed by atoms with E-state index < -0.39 is 11.6 Å². The van der Waals surface area contributed by atoms with Crippen molar-refractivity contribution in [1.29, 1.82) is 0 Å². The van der Waals surface area contributed by atoms with Gasteiger partial charge in [0.15, 0.2) is 11.6 Å². The molecule has 2 fully saturated rings. The van der Waals surface area contributed by atoms with E-state index in [4.69, 9.17) is 0 Å². The lowest BCUT2D eigenvalue weighted by atomic mass is 10.0. The summed E-state index contributed by atoms with van der Waals surface area (Å²) in [6.07, 6.45) is 2.25. The predicted octanol–water partition coefficient (Wildman–Crippen LogP) is 2.53. The summed E-state index contributed by atoms with van der Waals surface area (Å²) in [4.78, 5) is 4.53. The molecule has 21 heavy (non-hydrogen) atoms. The molecule has 0 saturated carbocycles. The van der Waals surface area contributed by atoms with Gasteiger partial charge in [-0.05, 0) is 31.4 Å². The number of nitrogens with zero attached hydrogens (tertiary/aromatic N) is 2. The van der Waals surface area contributed by atoms with Gasteiger partial charge in [-0.2, -0.15) is 0 Å². The van der Waals surface area contributed by atoms with Crippen molar-refractivity contribution in [3.8, 4) is 0 Å². The SMILES string of the molecule is CC(c1cc(F)c(F)cc1N1CCCC1)N1CCNCC1. The zero-order valence-corrected chi connectivity index (χ0v) is 12.5. The van der Waals surface area contributed by atoms with Gasteiger partial charge in [-0.3, -0.25) is 4.90 Å². The van der Waals surface area contributed by atoms with Crippen LogP contribution in [0.25, 0.3) is 0 Å². The van der Waals surface area contributed by atoms with E-state index in [2.05, 4.69) is 22.0 Å². The zero-order valence-electron chi connectivity index (χ0n) is 12.5. The lowest BCUT2D eigenvalue weighted by Gasteiger charge is -2.35. The molecule has 1 aromatic carbocycles. The van der Waals surface area contributed by atoms with E-state index in [0.29, 0.717) is 0 Å². The molecular weight excluding hydrogens is 272 g/mol. The smallest absolute Gasteiger partial charge is 0.160 e. The van der Waals surface area contributed by atoms with Crippen molar-refractivity contribution < 1.29 is 8.78 Å². The van der Waals surface area contributed by atoms with E-state index in [-0.39, 0.29) is 6.04 Å². The maximum Gasteiger partial charge on any atom is 0.160 e. The Bertz CT molecular complexity index is 495. The summed E-state index contributed by atoms with van der Waals surface area (Å²) in [5.41, 5.74) is 1.79.